The number of hydrogen-bond acceptors (Lipinski definition) is 4. The van der Waals surface area contributed by atoms with Gasteiger partial charge in [-0.3, -0.25) is 9.69 Å². The standard InChI is InChI=1S/C19H22F2N2O2S/c1-13-4-9-17(26-13)16-3-2-10-23(16)12-18(24)22-11-14-5-7-15(8-6-14)25-19(20)21/h4-9,16,19H,2-3,10-12H2,1H3,(H,22,24). The molecule has 1 aromatic carbocycles. The van der Waals surface area contributed by atoms with Gasteiger partial charge in [-0.2, -0.15) is 8.78 Å². The van der Waals surface area contributed by atoms with Gasteiger partial charge in [-0.05, 0) is 56.1 Å². The quantitative estimate of drug-likeness (QED) is 0.786. The SMILES string of the molecule is Cc1ccc(C2CCCN2CC(=O)NCc2ccc(OC(F)F)cc2)s1. The predicted molar refractivity (Wildman–Crippen MR) is 97.5 cm³/mol. The number of likely N-dealkylation sites (tertiary alicyclic amines) is 1. The third kappa shape index (κ3) is 5.02. The van der Waals surface area contributed by atoms with Crippen LogP contribution in [0.25, 0.3) is 0 Å². The fourth-order valence-corrected chi connectivity index (χ4v) is 4.25. The molecule has 26 heavy (non-hydrogen) atoms. The summed E-state index contributed by atoms with van der Waals surface area (Å²) in [6.07, 6.45) is 2.18. The van der Waals surface area contributed by atoms with E-state index in [0.29, 0.717) is 19.1 Å². The molecule has 0 bridgehead atoms. The van der Waals surface area contributed by atoms with E-state index in [0.717, 1.165) is 24.9 Å². The topological polar surface area (TPSA) is 41.6 Å². The first-order valence-corrected chi connectivity index (χ1v) is 9.44. The lowest BCUT2D eigenvalue weighted by atomic mass is 10.2. The van der Waals surface area contributed by atoms with Crippen LogP contribution in [-0.4, -0.2) is 30.5 Å². The molecule has 2 heterocycles. The molecular formula is C19H22F2N2O2S. The minimum atomic E-state index is -2.83. The number of thiophene rings is 1. The number of alkyl halides is 2. The zero-order valence-corrected chi connectivity index (χ0v) is 15.4. The Morgan fingerprint density at radius 1 is 1.31 bits per heavy atom. The molecule has 0 radical (unpaired) electrons. The normalized spacial score (nSPS) is 17.6. The highest BCUT2D eigenvalue weighted by Crippen LogP contribution is 2.35. The minimum Gasteiger partial charge on any atom is -0.435 e. The van der Waals surface area contributed by atoms with Crippen molar-refractivity contribution in [2.45, 2.75) is 39.0 Å². The molecule has 2 aromatic rings. The Morgan fingerprint density at radius 2 is 2.08 bits per heavy atom. The summed E-state index contributed by atoms with van der Waals surface area (Å²) in [5, 5.41) is 2.90. The summed E-state index contributed by atoms with van der Waals surface area (Å²) in [5.74, 6) is 0.0827. The molecule has 1 fully saturated rings. The second-order valence-corrected chi connectivity index (χ2v) is 7.70. The third-order valence-electron chi connectivity index (χ3n) is 4.44. The van der Waals surface area contributed by atoms with E-state index in [1.165, 1.54) is 21.9 Å². The van der Waals surface area contributed by atoms with Gasteiger partial charge in [-0.25, -0.2) is 0 Å². The summed E-state index contributed by atoms with van der Waals surface area (Å²) in [7, 11) is 0. The highest BCUT2D eigenvalue weighted by atomic mass is 32.1. The van der Waals surface area contributed by atoms with Gasteiger partial charge < -0.3 is 10.1 Å². The first-order valence-electron chi connectivity index (χ1n) is 8.62. The van der Waals surface area contributed by atoms with Gasteiger partial charge >= 0.3 is 6.61 Å². The fourth-order valence-electron chi connectivity index (χ4n) is 3.20. The van der Waals surface area contributed by atoms with Gasteiger partial charge in [0.15, 0.2) is 0 Å². The van der Waals surface area contributed by atoms with Crippen LogP contribution in [0.3, 0.4) is 0 Å². The molecule has 3 rings (SSSR count). The van der Waals surface area contributed by atoms with Crippen LogP contribution in [0, 0.1) is 6.92 Å². The van der Waals surface area contributed by atoms with Gasteiger partial charge in [-0.15, -0.1) is 11.3 Å². The number of ether oxygens (including phenoxy) is 1. The van der Waals surface area contributed by atoms with Gasteiger partial charge in [0.05, 0.1) is 6.54 Å². The second-order valence-electron chi connectivity index (χ2n) is 6.38. The van der Waals surface area contributed by atoms with E-state index >= 15 is 0 Å². The fraction of sp³-hybridized carbons (Fsp3) is 0.421. The molecule has 1 N–H and O–H groups in total. The molecule has 1 unspecified atom stereocenters. The zero-order valence-electron chi connectivity index (χ0n) is 14.6. The van der Waals surface area contributed by atoms with Crippen LogP contribution in [0.2, 0.25) is 0 Å². The number of aryl methyl sites for hydroxylation is 1. The van der Waals surface area contributed by atoms with Crippen LogP contribution in [-0.2, 0) is 11.3 Å². The predicted octanol–water partition coefficient (Wildman–Crippen LogP) is 4.11. The monoisotopic (exact) mass is 380 g/mol. The molecule has 0 spiro atoms. The molecular weight excluding hydrogens is 358 g/mol. The van der Waals surface area contributed by atoms with E-state index in [4.69, 9.17) is 0 Å². The molecule has 1 atom stereocenters. The van der Waals surface area contributed by atoms with Crippen LogP contribution < -0.4 is 10.1 Å². The summed E-state index contributed by atoms with van der Waals surface area (Å²) < 4.78 is 28.6. The lowest BCUT2D eigenvalue weighted by Crippen LogP contribution is -2.36. The maximum atomic E-state index is 12.3. The van der Waals surface area contributed by atoms with Crippen molar-refractivity contribution in [3.05, 3.63) is 51.7 Å². The smallest absolute Gasteiger partial charge is 0.387 e. The number of nitrogens with one attached hydrogen (secondary N) is 1. The number of hydrogen-bond donors (Lipinski definition) is 1. The van der Waals surface area contributed by atoms with Crippen molar-refractivity contribution >= 4 is 17.2 Å². The van der Waals surface area contributed by atoms with Crippen molar-refractivity contribution in [3.8, 4) is 5.75 Å². The lowest BCUT2D eigenvalue weighted by Gasteiger charge is -2.23. The van der Waals surface area contributed by atoms with Crippen molar-refractivity contribution in [1.29, 1.82) is 0 Å². The van der Waals surface area contributed by atoms with Crippen LogP contribution >= 0.6 is 11.3 Å². The molecule has 1 amide bonds. The number of carbonyl (C=O) groups excluding carboxylic acids is 1. The summed E-state index contributed by atoms with van der Waals surface area (Å²) in [4.78, 5) is 17.1. The van der Waals surface area contributed by atoms with Crippen LogP contribution in [0.4, 0.5) is 8.78 Å². The number of rotatable bonds is 7. The average molecular weight is 380 g/mol. The summed E-state index contributed by atoms with van der Waals surface area (Å²) in [6, 6.07) is 10.9. The molecule has 0 saturated carbocycles. The largest absolute Gasteiger partial charge is 0.435 e. The van der Waals surface area contributed by atoms with Crippen molar-refractivity contribution in [2.75, 3.05) is 13.1 Å². The highest BCUT2D eigenvalue weighted by molar-refractivity contribution is 7.12. The van der Waals surface area contributed by atoms with Crippen LogP contribution in [0.15, 0.2) is 36.4 Å². The zero-order chi connectivity index (χ0) is 18.5. The first kappa shape index (κ1) is 18.8. The lowest BCUT2D eigenvalue weighted by molar-refractivity contribution is -0.122. The number of nitrogens with zero attached hydrogens (tertiary/aromatic N) is 1. The first-order chi connectivity index (χ1) is 12.5. The Balaban J connectivity index is 1.49. The van der Waals surface area contributed by atoms with E-state index in [-0.39, 0.29) is 11.7 Å². The van der Waals surface area contributed by atoms with Crippen LogP contribution in [0.1, 0.15) is 34.2 Å². The minimum absolute atomic E-state index is 0.0296. The Kier molecular flexibility index (Phi) is 6.21. The van der Waals surface area contributed by atoms with E-state index in [1.807, 2.05) is 0 Å². The molecule has 1 saturated heterocycles. The van der Waals surface area contributed by atoms with Crippen molar-refractivity contribution in [1.82, 2.24) is 10.2 Å². The summed E-state index contributed by atoms with van der Waals surface area (Å²) in [5.41, 5.74) is 0.840. The molecule has 1 aliphatic heterocycles. The molecule has 4 nitrogen and oxygen atoms in total. The summed E-state index contributed by atoms with van der Waals surface area (Å²) >= 11 is 1.79. The Bertz CT molecular complexity index is 733. The number of carbonyl (C=O) groups is 1. The van der Waals surface area contributed by atoms with E-state index in [9.17, 15) is 13.6 Å². The number of halogens is 2. The number of benzene rings is 1. The molecule has 1 aliphatic rings. The summed E-state index contributed by atoms with van der Waals surface area (Å²) in [6.45, 7) is 0.923. The van der Waals surface area contributed by atoms with Crippen molar-refractivity contribution < 1.29 is 18.3 Å². The van der Waals surface area contributed by atoms with Crippen molar-refractivity contribution in [2.24, 2.45) is 0 Å². The molecule has 0 aliphatic carbocycles. The average Bonchev–Trinajstić information content (AvgIpc) is 3.22. The van der Waals surface area contributed by atoms with E-state index in [1.54, 1.807) is 23.5 Å². The second kappa shape index (κ2) is 8.60. The van der Waals surface area contributed by atoms with Gasteiger partial charge in [0.1, 0.15) is 5.75 Å². The Morgan fingerprint density at radius 3 is 2.73 bits per heavy atom. The van der Waals surface area contributed by atoms with Gasteiger partial charge in [0.25, 0.3) is 0 Å². The van der Waals surface area contributed by atoms with Crippen molar-refractivity contribution in [3.63, 3.8) is 0 Å². The molecule has 7 heteroatoms. The Hall–Kier alpha value is -1.99. The van der Waals surface area contributed by atoms with Gasteiger partial charge in [-0.1, -0.05) is 12.1 Å². The maximum Gasteiger partial charge on any atom is 0.387 e. The molecule has 140 valence electrons. The number of amides is 1. The van der Waals surface area contributed by atoms with E-state index < -0.39 is 6.61 Å². The van der Waals surface area contributed by atoms with Gasteiger partial charge in [0, 0.05) is 22.3 Å². The maximum absolute atomic E-state index is 12.3. The highest BCUT2D eigenvalue weighted by Gasteiger charge is 2.28. The Labute approximate surface area is 155 Å². The van der Waals surface area contributed by atoms with Crippen LogP contribution in [0.5, 0.6) is 5.75 Å². The van der Waals surface area contributed by atoms with Gasteiger partial charge in [0.2, 0.25) is 5.91 Å². The van der Waals surface area contributed by atoms with E-state index in [2.05, 4.69) is 34.0 Å². The third-order valence-corrected chi connectivity index (χ3v) is 5.54. The molecule has 1 aromatic heterocycles.